The Kier molecular flexibility index (Phi) is 6.47. The van der Waals surface area contributed by atoms with Gasteiger partial charge in [0.05, 0.1) is 11.6 Å². The quantitative estimate of drug-likeness (QED) is 0.187. The Labute approximate surface area is 303 Å². The summed E-state index contributed by atoms with van der Waals surface area (Å²) in [4.78, 5) is 15.5. The van der Waals surface area contributed by atoms with Crippen molar-refractivity contribution in [3.05, 3.63) is 150 Å². The van der Waals surface area contributed by atoms with Crippen molar-refractivity contribution in [3.8, 4) is 62.5 Å². The van der Waals surface area contributed by atoms with Gasteiger partial charge in [-0.05, 0) is 130 Å². The largest absolute Gasteiger partial charge is 0.208 e. The van der Waals surface area contributed by atoms with E-state index in [1.807, 2.05) is 36.4 Å². The fourth-order valence-corrected chi connectivity index (χ4v) is 11.0. The molecule has 1 spiro atoms. The van der Waals surface area contributed by atoms with Crippen molar-refractivity contribution in [1.82, 2.24) is 15.0 Å². The molecular formula is C48H36N4. The smallest absolute Gasteiger partial charge is 0.164 e. The zero-order chi connectivity index (χ0) is 34.4. The van der Waals surface area contributed by atoms with Gasteiger partial charge in [0.1, 0.15) is 0 Å². The molecule has 4 bridgehead atoms. The lowest BCUT2D eigenvalue weighted by atomic mass is 9.43. The van der Waals surface area contributed by atoms with E-state index in [0.717, 1.165) is 39.7 Å². The first-order valence-corrected chi connectivity index (χ1v) is 18.7. The highest BCUT2D eigenvalue weighted by Crippen LogP contribution is 2.69. The number of rotatable bonds is 4. The molecule has 52 heavy (non-hydrogen) atoms. The van der Waals surface area contributed by atoms with Crippen molar-refractivity contribution in [2.45, 2.75) is 37.5 Å². The molecule has 248 valence electrons. The fourth-order valence-electron chi connectivity index (χ4n) is 11.0. The van der Waals surface area contributed by atoms with Crippen molar-refractivity contribution in [1.29, 1.82) is 5.26 Å². The minimum absolute atomic E-state index is 0.00239. The lowest BCUT2D eigenvalue weighted by Crippen LogP contribution is -2.55. The van der Waals surface area contributed by atoms with Gasteiger partial charge < -0.3 is 0 Å². The van der Waals surface area contributed by atoms with Gasteiger partial charge in [-0.2, -0.15) is 5.26 Å². The number of nitrogens with zero attached hydrogens (tertiary/aromatic N) is 4. The normalized spacial score (nSPS) is 23.4. The number of benzene rings is 6. The van der Waals surface area contributed by atoms with Crippen LogP contribution in [0.2, 0.25) is 0 Å². The Hall–Kier alpha value is -5.92. The molecule has 0 amide bonds. The maximum absolute atomic E-state index is 9.64. The summed E-state index contributed by atoms with van der Waals surface area (Å²) in [6, 6.07) is 49.7. The van der Waals surface area contributed by atoms with Crippen LogP contribution in [-0.2, 0) is 5.41 Å². The van der Waals surface area contributed by atoms with Crippen LogP contribution in [0.15, 0.2) is 133 Å². The Bertz CT molecular complexity index is 2590. The van der Waals surface area contributed by atoms with Crippen molar-refractivity contribution < 1.29 is 0 Å². The predicted molar refractivity (Wildman–Crippen MR) is 207 cm³/mol. The molecular weight excluding hydrogens is 633 g/mol. The van der Waals surface area contributed by atoms with E-state index in [9.17, 15) is 5.26 Å². The van der Waals surface area contributed by atoms with Crippen LogP contribution in [0.4, 0.5) is 0 Å². The summed E-state index contributed by atoms with van der Waals surface area (Å²) in [6.45, 7) is 0. The summed E-state index contributed by atoms with van der Waals surface area (Å²) in [5.74, 6) is 5.08. The molecule has 4 heteroatoms. The molecule has 7 aromatic rings. The van der Waals surface area contributed by atoms with E-state index in [1.54, 1.807) is 0 Å². The Morgan fingerprint density at radius 3 is 1.83 bits per heavy atom. The SMILES string of the molecule is N#Cc1cccc(-c2ccc3c(c2)-c2ccc(-c4nc(-c5ccccc5)nc(-c5ccc6ccccc6c5)n4)cc2C32C3CC4CC(C3)CC2C4)c1. The van der Waals surface area contributed by atoms with Gasteiger partial charge in [-0.3, -0.25) is 0 Å². The van der Waals surface area contributed by atoms with Crippen LogP contribution in [0.5, 0.6) is 0 Å². The molecule has 1 heterocycles. The molecule has 6 aromatic carbocycles. The number of fused-ring (bicyclic) bond motifs is 4. The van der Waals surface area contributed by atoms with Gasteiger partial charge in [0.25, 0.3) is 0 Å². The van der Waals surface area contributed by atoms with E-state index in [4.69, 9.17) is 15.0 Å². The molecule has 0 radical (unpaired) electrons. The summed E-state index contributed by atoms with van der Waals surface area (Å²) in [5.41, 5.74) is 11.6. The van der Waals surface area contributed by atoms with Gasteiger partial charge in [-0.1, -0.05) is 103 Å². The Morgan fingerprint density at radius 2 is 1.08 bits per heavy atom. The maximum atomic E-state index is 9.64. The monoisotopic (exact) mass is 668 g/mol. The van der Waals surface area contributed by atoms with Gasteiger partial charge in [-0.25, -0.2) is 15.0 Å². The van der Waals surface area contributed by atoms with Gasteiger partial charge >= 0.3 is 0 Å². The van der Waals surface area contributed by atoms with Crippen LogP contribution < -0.4 is 0 Å². The third-order valence-electron chi connectivity index (χ3n) is 12.9. The molecule has 0 atom stereocenters. The minimum atomic E-state index is -0.00239. The van der Waals surface area contributed by atoms with Crippen LogP contribution in [-0.4, -0.2) is 15.0 Å². The standard InChI is InChI=1S/C48H36N4/c49-28-29-7-6-12-34(20-29)36-16-18-43-42(26-36)41-17-15-38(27-44(41)48(43)39-21-30-19-31(23-39)24-40(48)22-30)47-51-45(33-9-2-1-3-10-33)50-46(52-47)37-14-13-32-8-4-5-11-35(32)25-37/h1-18,20,25-27,30-31,39-40H,19,21-24H2. The van der Waals surface area contributed by atoms with Gasteiger partial charge in [0.15, 0.2) is 17.5 Å². The van der Waals surface area contributed by atoms with Crippen LogP contribution in [0.1, 0.15) is 48.8 Å². The van der Waals surface area contributed by atoms with E-state index in [2.05, 4.69) is 103 Å². The molecule has 5 aliphatic carbocycles. The molecule has 5 aliphatic rings. The molecule has 4 saturated carbocycles. The number of hydrogen-bond acceptors (Lipinski definition) is 4. The second-order valence-corrected chi connectivity index (χ2v) is 15.6. The van der Waals surface area contributed by atoms with Crippen LogP contribution in [0.3, 0.4) is 0 Å². The second-order valence-electron chi connectivity index (χ2n) is 15.6. The first-order chi connectivity index (χ1) is 25.6. The average molecular weight is 669 g/mol. The third-order valence-corrected chi connectivity index (χ3v) is 12.9. The Morgan fingerprint density at radius 1 is 0.462 bits per heavy atom. The van der Waals surface area contributed by atoms with E-state index >= 15 is 0 Å². The lowest BCUT2D eigenvalue weighted by Gasteiger charge is -2.61. The summed E-state index contributed by atoms with van der Waals surface area (Å²) in [6.07, 6.45) is 6.69. The molecule has 4 fully saturated rings. The zero-order valence-electron chi connectivity index (χ0n) is 28.8. The Balaban J connectivity index is 1.11. The summed E-state index contributed by atoms with van der Waals surface area (Å²) < 4.78 is 0. The molecule has 1 aromatic heterocycles. The number of nitriles is 1. The predicted octanol–water partition coefficient (Wildman–Crippen LogP) is 11.3. The molecule has 0 unspecified atom stereocenters. The highest BCUT2D eigenvalue weighted by molar-refractivity contribution is 5.88. The summed E-state index contributed by atoms with van der Waals surface area (Å²) in [5, 5.41) is 12.0. The minimum Gasteiger partial charge on any atom is -0.208 e. The second kappa shape index (κ2) is 11.3. The van der Waals surface area contributed by atoms with E-state index in [1.165, 1.54) is 65.1 Å². The number of hydrogen-bond donors (Lipinski definition) is 0. The molecule has 12 rings (SSSR count). The van der Waals surface area contributed by atoms with E-state index < -0.39 is 0 Å². The zero-order valence-corrected chi connectivity index (χ0v) is 28.8. The van der Waals surface area contributed by atoms with E-state index in [-0.39, 0.29) is 5.41 Å². The highest BCUT2D eigenvalue weighted by atomic mass is 15.0. The number of aromatic nitrogens is 3. The summed E-state index contributed by atoms with van der Waals surface area (Å²) in [7, 11) is 0. The first-order valence-electron chi connectivity index (χ1n) is 18.7. The van der Waals surface area contributed by atoms with Crippen molar-refractivity contribution >= 4 is 10.8 Å². The van der Waals surface area contributed by atoms with Crippen LogP contribution in [0.25, 0.3) is 67.2 Å². The fraction of sp³-hybridized carbons (Fsp3) is 0.208. The first kappa shape index (κ1) is 29.8. The molecule has 0 aliphatic heterocycles. The maximum Gasteiger partial charge on any atom is 0.164 e. The lowest BCUT2D eigenvalue weighted by molar-refractivity contribution is -0.0399. The van der Waals surface area contributed by atoms with E-state index in [0.29, 0.717) is 34.9 Å². The van der Waals surface area contributed by atoms with Gasteiger partial charge in [0, 0.05) is 22.1 Å². The van der Waals surface area contributed by atoms with Crippen molar-refractivity contribution in [2.24, 2.45) is 23.7 Å². The van der Waals surface area contributed by atoms with Gasteiger partial charge in [0.2, 0.25) is 0 Å². The van der Waals surface area contributed by atoms with Crippen LogP contribution in [0, 0.1) is 35.0 Å². The summed E-state index contributed by atoms with van der Waals surface area (Å²) >= 11 is 0. The molecule has 0 N–H and O–H groups in total. The third kappa shape index (κ3) is 4.42. The average Bonchev–Trinajstić information content (AvgIpc) is 3.49. The highest BCUT2D eigenvalue weighted by Gasteiger charge is 2.61. The van der Waals surface area contributed by atoms with Crippen molar-refractivity contribution in [3.63, 3.8) is 0 Å². The van der Waals surface area contributed by atoms with Crippen LogP contribution >= 0.6 is 0 Å². The molecule has 4 nitrogen and oxygen atoms in total. The molecule has 0 saturated heterocycles. The van der Waals surface area contributed by atoms with Gasteiger partial charge in [-0.15, -0.1) is 0 Å². The topological polar surface area (TPSA) is 62.5 Å². The van der Waals surface area contributed by atoms with Crippen molar-refractivity contribution in [2.75, 3.05) is 0 Å².